The second kappa shape index (κ2) is 15.6. The van der Waals surface area contributed by atoms with Crippen LogP contribution in [0.4, 0.5) is 0 Å². The maximum atomic E-state index is 4.73. The van der Waals surface area contributed by atoms with Crippen LogP contribution in [-0.4, -0.2) is 18.0 Å². The van der Waals surface area contributed by atoms with Gasteiger partial charge in [0, 0.05) is 32.5 Å². The number of rotatable bonds is 6. The van der Waals surface area contributed by atoms with E-state index in [1.807, 2.05) is 24.4 Å². The van der Waals surface area contributed by atoms with Crippen molar-refractivity contribution in [2.24, 2.45) is 0 Å². The summed E-state index contributed by atoms with van der Waals surface area (Å²) >= 11 is 0. The van der Waals surface area contributed by atoms with E-state index in [0.29, 0.717) is 5.92 Å². The molecule has 0 saturated carbocycles. The van der Waals surface area contributed by atoms with E-state index in [0.717, 1.165) is 27.9 Å². The van der Waals surface area contributed by atoms with Gasteiger partial charge in [0.2, 0.25) is 0 Å². The number of hydrogen-bond acceptors (Lipinski definition) is 2. The third-order valence-corrected chi connectivity index (χ3v) is 10.6. The Labute approximate surface area is 300 Å². The first-order valence-corrected chi connectivity index (χ1v) is 19.7. The van der Waals surface area contributed by atoms with Gasteiger partial charge >= 0.3 is 0 Å². The molecular formula is C44H40IrN2Si-2. The predicted octanol–water partition coefficient (Wildman–Crippen LogP) is 10.9. The van der Waals surface area contributed by atoms with Crippen molar-refractivity contribution < 1.29 is 20.1 Å². The van der Waals surface area contributed by atoms with Crippen molar-refractivity contribution in [1.82, 2.24) is 9.97 Å². The van der Waals surface area contributed by atoms with E-state index in [4.69, 9.17) is 4.98 Å². The van der Waals surface area contributed by atoms with E-state index in [-0.39, 0.29) is 20.1 Å². The normalized spacial score (nSPS) is 11.6. The van der Waals surface area contributed by atoms with Gasteiger partial charge in [0.15, 0.2) is 0 Å². The predicted molar refractivity (Wildman–Crippen MR) is 202 cm³/mol. The van der Waals surface area contributed by atoms with Crippen LogP contribution in [0.1, 0.15) is 29.5 Å². The largest absolute Gasteiger partial charge is 0.305 e. The van der Waals surface area contributed by atoms with Crippen LogP contribution in [0.3, 0.4) is 0 Å². The minimum Gasteiger partial charge on any atom is -0.305 e. The molecule has 0 N–H and O–H groups in total. The quantitative estimate of drug-likeness (QED) is 0.123. The fourth-order valence-electron chi connectivity index (χ4n) is 5.79. The molecule has 0 aliphatic heterocycles. The van der Waals surface area contributed by atoms with Gasteiger partial charge in [-0.05, 0) is 50.0 Å². The Kier molecular flexibility index (Phi) is 11.3. The van der Waals surface area contributed by atoms with Crippen molar-refractivity contribution in [1.29, 1.82) is 0 Å². The Hall–Kier alpha value is -4.47. The summed E-state index contributed by atoms with van der Waals surface area (Å²) in [6.07, 6.45) is 4.02. The van der Waals surface area contributed by atoms with E-state index >= 15 is 0 Å². The molecule has 0 bridgehead atoms. The molecule has 1 radical (unpaired) electrons. The van der Waals surface area contributed by atoms with Crippen LogP contribution in [0, 0.1) is 19.1 Å². The molecular weight excluding hydrogens is 777 g/mol. The van der Waals surface area contributed by atoms with Crippen molar-refractivity contribution in [3.8, 4) is 33.6 Å². The molecule has 241 valence electrons. The van der Waals surface area contributed by atoms with Crippen LogP contribution >= 0.6 is 0 Å². The topological polar surface area (TPSA) is 25.8 Å². The SMILES string of the molecule is CC(c1ccccc1)c1cc[c-]c(-c2cc3ccccc3cn2)c1.Cc1c[c-]c(-c2cc(-c3ccccc3)c([Si](C)(C)C)cn2)cc1.[Ir]. The molecule has 2 heterocycles. The molecule has 48 heavy (non-hydrogen) atoms. The zero-order valence-electron chi connectivity index (χ0n) is 28.2. The maximum Gasteiger partial charge on any atom is 0.0803 e. The van der Waals surface area contributed by atoms with Gasteiger partial charge in [0.25, 0.3) is 0 Å². The van der Waals surface area contributed by atoms with Crippen LogP contribution in [0.2, 0.25) is 19.6 Å². The third-order valence-electron chi connectivity index (χ3n) is 8.57. The Morgan fingerprint density at radius 1 is 0.604 bits per heavy atom. The minimum absolute atomic E-state index is 0. The van der Waals surface area contributed by atoms with Gasteiger partial charge in [-0.25, -0.2) is 0 Å². The summed E-state index contributed by atoms with van der Waals surface area (Å²) in [7, 11) is -1.47. The Bertz CT molecular complexity index is 2090. The molecule has 1 unspecified atom stereocenters. The summed E-state index contributed by atoms with van der Waals surface area (Å²) in [6, 6.07) is 53.1. The molecule has 5 aromatic carbocycles. The molecule has 2 nitrogen and oxygen atoms in total. The molecule has 2 aromatic heterocycles. The minimum atomic E-state index is -1.47. The van der Waals surface area contributed by atoms with Crippen LogP contribution in [-0.2, 0) is 20.1 Å². The van der Waals surface area contributed by atoms with Gasteiger partial charge in [0.1, 0.15) is 0 Å². The molecule has 0 fully saturated rings. The summed E-state index contributed by atoms with van der Waals surface area (Å²) in [5.41, 5.74) is 10.4. The van der Waals surface area contributed by atoms with Crippen LogP contribution in [0.5, 0.6) is 0 Å². The maximum absolute atomic E-state index is 4.73. The molecule has 0 spiro atoms. The molecule has 1 atom stereocenters. The van der Waals surface area contributed by atoms with E-state index in [1.54, 1.807) is 0 Å². The van der Waals surface area contributed by atoms with Crippen molar-refractivity contribution in [2.75, 3.05) is 0 Å². The van der Waals surface area contributed by atoms with Crippen molar-refractivity contribution in [3.05, 3.63) is 175 Å². The van der Waals surface area contributed by atoms with Gasteiger partial charge in [-0.2, -0.15) is 0 Å². The number of benzene rings is 5. The van der Waals surface area contributed by atoms with E-state index in [9.17, 15) is 0 Å². The molecule has 0 aliphatic rings. The third kappa shape index (κ3) is 8.32. The zero-order valence-corrected chi connectivity index (χ0v) is 31.6. The van der Waals surface area contributed by atoms with Gasteiger partial charge in [-0.15, -0.1) is 70.8 Å². The Morgan fingerprint density at radius 3 is 1.94 bits per heavy atom. The summed E-state index contributed by atoms with van der Waals surface area (Å²) in [4.78, 5) is 9.35. The fraction of sp³-hybridized carbons (Fsp3) is 0.136. The van der Waals surface area contributed by atoms with Crippen LogP contribution in [0.15, 0.2) is 146 Å². The number of pyridine rings is 2. The second-order valence-corrected chi connectivity index (χ2v) is 18.1. The average molecular weight is 817 g/mol. The molecule has 7 aromatic rings. The Morgan fingerprint density at radius 2 is 1.25 bits per heavy atom. The van der Waals surface area contributed by atoms with Crippen LogP contribution < -0.4 is 5.19 Å². The first-order chi connectivity index (χ1) is 22.8. The summed E-state index contributed by atoms with van der Waals surface area (Å²) in [6.45, 7) is 11.4. The van der Waals surface area contributed by atoms with Crippen molar-refractivity contribution in [2.45, 2.75) is 39.4 Å². The van der Waals surface area contributed by atoms with E-state index in [1.165, 1.54) is 38.4 Å². The number of nitrogens with zero attached hydrogens (tertiary/aromatic N) is 2. The van der Waals surface area contributed by atoms with E-state index < -0.39 is 8.07 Å². The fourth-order valence-corrected chi connectivity index (χ4v) is 7.26. The summed E-state index contributed by atoms with van der Waals surface area (Å²) in [5.74, 6) is 0.347. The Balaban J connectivity index is 0.000000184. The van der Waals surface area contributed by atoms with Crippen LogP contribution in [0.25, 0.3) is 44.4 Å². The summed E-state index contributed by atoms with van der Waals surface area (Å²) in [5, 5.41) is 3.77. The monoisotopic (exact) mass is 817 g/mol. The molecule has 4 heteroatoms. The number of hydrogen-bond donors (Lipinski definition) is 0. The van der Waals surface area contributed by atoms with Gasteiger partial charge in [0.05, 0.1) is 8.07 Å². The van der Waals surface area contributed by atoms with Gasteiger partial charge in [-0.1, -0.05) is 131 Å². The van der Waals surface area contributed by atoms with Gasteiger partial charge in [-0.3, -0.25) is 0 Å². The zero-order chi connectivity index (χ0) is 32.8. The molecule has 0 saturated heterocycles. The van der Waals surface area contributed by atoms with Crippen molar-refractivity contribution in [3.63, 3.8) is 0 Å². The first-order valence-electron chi connectivity index (χ1n) is 16.2. The van der Waals surface area contributed by atoms with Crippen molar-refractivity contribution >= 4 is 24.0 Å². The smallest absolute Gasteiger partial charge is 0.0803 e. The second-order valence-electron chi connectivity index (χ2n) is 13.1. The standard InChI is InChI=1S/C23H18N.C21H22NSi.Ir/c1-17(18-8-3-2-4-9-18)19-12-7-13-21(14-19)23-15-20-10-5-6-11-22(20)16-24-23;1-16-10-12-18(13-11-16)20-14-19(17-8-6-5-7-9-17)21(15-22-20)23(2,3)4;/h2-12,14-17H,1H3;5-12,14-15H,1-4H3;/q2*-1;. The number of aryl methyl sites for hydroxylation is 1. The van der Waals surface area contributed by atoms with Gasteiger partial charge < -0.3 is 9.97 Å². The molecule has 7 rings (SSSR count). The summed E-state index contributed by atoms with van der Waals surface area (Å²) < 4.78 is 0. The average Bonchev–Trinajstić information content (AvgIpc) is 3.12. The molecule has 0 amide bonds. The number of aromatic nitrogens is 2. The van der Waals surface area contributed by atoms with E-state index in [2.05, 4.69) is 172 Å². The number of fused-ring (bicyclic) bond motifs is 1. The molecule has 0 aliphatic carbocycles. The first kappa shape index (κ1) is 34.8.